The second-order valence-corrected chi connectivity index (χ2v) is 6.45. The third kappa shape index (κ3) is 2.20. The average Bonchev–Trinajstić information content (AvgIpc) is 2.82. The lowest BCUT2D eigenvalue weighted by molar-refractivity contribution is -0.381. The van der Waals surface area contributed by atoms with Crippen LogP contribution >= 0.6 is 0 Å². The lowest BCUT2D eigenvalue weighted by atomic mass is 9.71. The summed E-state index contributed by atoms with van der Waals surface area (Å²) in [7, 11) is 0. The van der Waals surface area contributed by atoms with Crippen molar-refractivity contribution in [2.45, 2.75) is 50.3 Å². The molecular formula is C16H23NO4. The molecule has 1 aliphatic heterocycles. The van der Waals surface area contributed by atoms with Crippen LogP contribution in [0.3, 0.4) is 0 Å². The van der Waals surface area contributed by atoms with E-state index in [0.717, 1.165) is 12.0 Å². The molecule has 4 N–H and O–H groups in total. The Morgan fingerprint density at radius 3 is 2.33 bits per heavy atom. The minimum atomic E-state index is -2.05. The van der Waals surface area contributed by atoms with Crippen LogP contribution in [0.5, 0.6) is 0 Å². The van der Waals surface area contributed by atoms with E-state index in [1.54, 1.807) is 0 Å². The predicted octanol–water partition coefficient (Wildman–Crippen LogP) is 0.772. The van der Waals surface area contributed by atoms with Gasteiger partial charge in [0.05, 0.1) is 6.61 Å². The Morgan fingerprint density at radius 2 is 1.67 bits per heavy atom. The molecule has 3 rings (SSSR count). The molecule has 5 nitrogen and oxygen atoms in total. The number of fused-ring (bicyclic) bond motifs is 1. The first-order chi connectivity index (χ1) is 9.94. The molecule has 2 unspecified atom stereocenters. The molecule has 0 radical (unpaired) electrons. The van der Waals surface area contributed by atoms with E-state index < -0.39 is 17.1 Å². The SMILES string of the molecule is OCC12CCCC1(O)N(Cc1ccccc1)C(O)(O)CC2. The van der Waals surface area contributed by atoms with E-state index in [1.165, 1.54) is 4.90 Å². The standard InChI is InChI=1S/C16H23NO4/c18-12-14-7-4-8-15(14,19)17(16(20,21)10-9-14)11-13-5-2-1-3-6-13/h1-3,5-6,18-21H,4,7-12H2. The van der Waals surface area contributed by atoms with Crippen LogP contribution in [0.15, 0.2) is 30.3 Å². The molecule has 1 saturated heterocycles. The highest BCUT2D eigenvalue weighted by Gasteiger charge is 2.64. The molecule has 1 aromatic rings. The summed E-state index contributed by atoms with van der Waals surface area (Å²) in [4.78, 5) is 1.36. The lowest BCUT2D eigenvalue weighted by Gasteiger charge is -2.56. The molecule has 0 bridgehead atoms. The van der Waals surface area contributed by atoms with Crippen LogP contribution in [0.25, 0.3) is 0 Å². The molecule has 2 aliphatic rings. The molecule has 0 amide bonds. The molecule has 2 atom stereocenters. The Balaban J connectivity index is 1.97. The van der Waals surface area contributed by atoms with Crippen LogP contribution in [-0.4, -0.2) is 43.6 Å². The van der Waals surface area contributed by atoms with E-state index in [4.69, 9.17) is 0 Å². The van der Waals surface area contributed by atoms with Crippen molar-refractivity contribution < 1.29 is 20.4 Å². The molecule has 0 aromatic heterocycles. The van der Waals surface area contributed by atoms with Gasteiger partial charge in [-0.3, -0.25) is 0 Å². The number of rotatable bonds is 3. The van der Waals surface area contributed by atoms with Gasteiger partial charge in [0.25, 0.3) is 0 Å². The second-order valence-electron chi connectivity index (χ2n) is 6.45. The van der Waals surface area contributed by atoms with Crippen molar-refractivity contribution in [3.8, 4) is 0 Å². The largest absolute Gasteiger partial charge is 0.396 e. The van der Waals surface area contributed by atoms with Crippen molar-refractivity contribution in [2.24, 2.45) is 5.41 Å². The molecule has 21 heavy (non-hydrogen) atoms. The van der Waals surface area contributed by atoms with E-state index in [2.05, 4.69) is 0 Å². The van der Waals surface area contributed by atoms with Gasteiger partial charge >= 0.3 is 0 Å². The molecule has 5 heteroatoms. The number of nitrogens with zero attached hydrogens (tertiary/aromatic N) is 1. The number of aliphatic hydroxyl groups excluding tert-OH is 1. The zero-order valence-corrected chi connectivity index (χ0v) is 12.1. The van der Waals surface area contributed by atoms with Crippen LogP contribution in [0.1, 0.15) is 37.7 Å². The Kier molecular flexibility index (Phi) is 3.58. The fraction of sp³-hybridized carbons (Fsp3) is 0.625. The van der Waals surface area contributed by atoms with E-state index in [9.17, 15) is 20.4 Å². The topological polar surface area (TPSA) is 84.2 Å². The van der Waals surface area contributed by atoms with Gasteiger partial charge in [0.15, 0.2) is 0 Å². The van der Waals surface area contributed by atoms with Gasteiger partial charge in [-0.25, -0.2) is 4.90 Å². The molecule has 116 valence electrons. The van der Waals surface area contributed by atoms with E-state index >= 15 is 0 Å². The first-order valence-corrected chi connectivity index (χ1v) is 7.53. The summed E-state index contributed by atoms with van der Waals surface area (Å²) >= 11 is 0. The molecule has 1 saturated carbocycles. The maximum Gasteiger partial charge on any atom is 0.227 e. The Bertz CT molecular complexity index is 506. The van der Waals surface area contributed by atoms with Crippen molar-refractivity contribution in [1.29, 1.82) is 0 Å². The molecule has 0 spiro atoms. The van der Waals surface area contributed by atoms with Crippen molar-refractivity contribution in [2.75, 3.05) is 6.61 Å². The highest BCUT2D eigenvalue weighted by atomic mass is 16.5. The third-order valence-corrected chi connectivity index (χ3v) is 5.33. The lowest BCUT2D eigenvalue weighted by Crippen LogP contribution is -2.70. The van der Waals surface area contributed by atoms with Gasteiger partial charge in [0.1, 0.15) is 5.72 Å². The number of likely N-dealkylation sites (tertiary alicyclic amines) is 1. The summed E-state index contributed by atoms with van der Waals surface area (Å²) in [6.07, 6.45) is 2.48. The predicted molar refractivity (Wildman–Crippen MR) is 76.7 cm³/mol. The van der Waals surface area contributed by atoms with Crippen molar-refractivity contribution in [3.05, 3.63) is 35.9 Å². The fourth-order valence-corrected chi connectivity index (χ4v) is 4.03. The summed E-state index contributed by atoms with van der Waals surface area (Å²) in [5.41, 5.74) is -1.13. The highest BCUT2D eigenvalue weighted by molar-refractivity contribution is 5.17. The number of aliphatic hydroxyl groups is 4. The van der Waals surface area contributed by atoms with Crippen molar-refractivity contribution >= 4 is 0 Å². The van der Waals surface area contributed by atoms with Gasteiger partial charge in [-0.1, -0.05) is 30.3 Å². The minimum Gasteiger partial charge on any atom is -0.396 e. The Morgan fingerprint density at radius 1 is 0.952 bits per heavy atom. The fourth-order valence-electron chi connectivity index (χ4n) is 4.03. The first-order valence-electron chi connectivity index (χ1n) is 7.53. The summed E-state index contributed by atoms with van der Waals surface area (Å²) in [5.74, 6) is -2.05. The number of benzene rings is 1. The maximum atomic E-state index is 11.2. The van der Waals surface area contributed by atoms with Gasteiger partial charge in [0.2, 0.25) is 5.91 Å². The smallest absolute Gasteiger partial charge is 0.227 e. The molecular weight excluding hydrogens is 270 g/mol. The maximum absolute atomic E-state index is 11.2. The number of piperidine rings is 1. The van der Waals surface area contributed by atoms with Crippen LogP contribution in [0.4, 0.5) is 0 Å². The quantitative estimate of drug-likeness (QED) is 0.619. The molecule has 2 fully saturated rings. The summed E-state index contributed by atoms with van der Waals surface area (Å²) in [6.45, 7) is 0.108. The van der Waals surface area contributed by atoms with Crippen LogP contribution < -0.4 is 0 Å². The molecule has 1 heterocycles. The van der Waals surface area contributed by atoms with Gasteiger partial charge in [-0.15, -0.1) is 0 Å². The van der Waals surface area contributed by atoms with E-state index in [0.29, 0.717) is 19.3 Å². The summed E-state index contributed by atoms with van der Waals surface area (Å²) in [6, 6.07) is 9.45. The van der Waals surface area contributed by atoms with Crippen molar-refractivity contribution in [1.82, 2.24) is 4.90 Å². The van der Waals surface area contributed by atoms with Crippen LogP contribution in [0.2, 0.25) is 0 Å². The first kappa shape index (κ1) is 14.9. The zero-order chi connectivity index (χ0) is 15.1. The van der Waals surface area contributed by atoms with E-state index in [1.807, 2.05) is 30.3 Å². The normalized spacial score (nSPS) is 35.6. The Hall–Kier alpha value is -0.980. The zero-order valence-electron chi connectivity index (χ0n) is 12.1. The molecule has 1 aromatic carbocycles. The number of hydrogen-bond donors (Lipinski definition) is 4. The highest BCUT2D eigenvalue weighted by Crippen LogP contribution is 2.56. The summed E-state index contributed by atoms with van der Waals surface area (Å²) < 4.78 is 0. The van der Waals surface area contributed by atoms with Gasteiger partial charge < -0.3 is 20.4 Å². The molecule has 1 aliphatic carbocycles. The minimum absolute atomic E-state index is 0.128. The average molecular weight is 293 g/mol. The number of hydrogen-bond acceptors (Lipinski definition) is 5. The third-order valence-electron chi connectivity index (χ3n) is 5.33. The second kappa shape index (κ2) is 5.04. The van der Waals surface area contributed by atoms with Gasteiger partial charge in [-0.2, -0.15) is 0 Å². The van der Waals surface area contributed by atoms with Crippen LogP contribution in [0, 0.1) is 5.41 Å². The monoisotopic (exact) mass is 293 g/mol. The van der Waals surface area contributed by atoms with Gasteiger partial charge in [0, 0.05) is 18.4 Å². The van der Waals surface area contributed by atoms with Crippen molar-refractivity contribution in [3.63, 3.8) is 0 Å². The summed E-state index contributed by atoms with van der Waals surface area (Å²) in [5, 5.41) is 41.7. The van der Waals surface area contributed by atoms with Crippen LogP contribution in [-0.2, 0) is 6.54 Å². The Labute approximate surface area is 124 Å². The van der Waals surface area contributed by atoms with Gasteiger partial charge in [-0.05, 0) is 31.2 Å². The van der Waals surface area contributed by atoms with E-state index in [-0.39, 0.29) is 19.6 Å².